The van der Waals surface area contributed by atoms with Gasteiger partial charge in [-0.15, -0.1) is 0 Å². The summed E-state index contributed by atoms with van der Waals surface area (Å²) in [5, 5.41) is 10.4. The third kappa shape index (κ3) is 1.26. The summed E-state index contributed by atoms with van der Waals surface area (Å²) in [6, 6.07) is 2.07. The molecule has 2 aromatic rings. The maximum Gasteiger partial charge on any atom is 0.307 e. The van der Waals surface area contributed by atoms with E-state index in [1.807, 2.05) is 0 Å². The molecule has 6 heteroatoms. The number of rotatable bonds is 1. The van der Waals surface area contributed by atoms with Gasteiger partial charge in [0.05, 0.1) is 16.0 Å². The number of nitro benzene ring substituents is 1. The molecular formula is C8H4FN3O2. The molecule has 0 radical (unpaired) electrons. The minimum atomic E-state index is -0.900. The van der Waals surface area contributed by atoms with E-state index in [1.54, 1.807) is 0 Å². The van der Waals surface area contributed by atoms with E-state index >= 15 is 0 Å². The van der Waals surface area contributed by atoms with Crippen molar-refractivity contribution in [3.05, 3.63) is 40.5 Å². The maximum absolute atomic E-state index is 13.1. The van der Waals surface area contributed by atoms with Gasteiger partial charge in [-0.25, -0.2) is 0 Å². The van der Waals surface area contributed by atoms with Crippen LogP contribution in [-0.2, 0) is 0 Å². The zero-order valence-corrected chi connectivity index (χ0v) is 6.85. The Labute approximate surface area is 77.4 Å². The fraction of sp³-hybridized carbons (Fsp3) is 0. The number of fused-ring (bicyclic) bond motifs is 1. The number of hydrogen-bond acceptors (Lipinski definition) is 4. The molecule has 0 fully saturated rings. The van der Waals surface area contributed by atoms with Crippen molar-refractivity contribution in [2.45, 2.75) is 0 Å². The molecule has 0 N–H and O–H groups in total. The summed E-state index contributed by atoms with van der Waals surface area (Å²) in [5.74, 6) is -0.900. The molecule has 0 unspecified atom stereocenters. The van der Waals surface area contributed by atoms with Crippen molar-refractivity contribution in [1.82, 2.24) is 9.97 Å². The first kappa shape index (κ1) is 8.49. The average molecular weight is 193 g/mol. The molecule has 5 nitrogen and oxygen atoms in total. The van der Waals surface area contributed by atoms with E-state index in [9.17, 15) is 14.5 Å². The molecule has 0 saturated heterocycles. The molecule has 1 heterocycles. The highest BCUT2D eigenvalue weighted by atomic mass is 19.1. The molecule has 0 aliphatic rings. The highest BCUT2D eigenvalue weighted by Gasteiger charge is 2.15. The van der Waals surface area contributed by atoms with Gasteiger partial charge in [0.15, 0.2) is 0 Å². The van der Waals surface area contributed by atoms with Gasteiger partial charge in [0.1, 0.15) is 0 Å². The predicted octanol–water partition coefficient (Wildman–Crippen LogP) is 1.68. The summed E-state index contributed by atoms with van der Waals surface area (Å²) in [6.07, 6.45) is 2.79. The molecule has 0 bridgehead atoms. The van der Waals surface area contributed by atoms with Crippen molar-refractivity contribution in [2.75, 3.05) is 0 Å². The fourth-order valence-corrected chi connectivity index (χ4v) is 1.11. The van der Waals surface area contributed by atoms with Gasteiger partial charge in [-0.1, -0.05) is 0 Å². The van der Waals surface area contributed by atoms with E-state index in [-0.39, 0.29) is 0 Å². The standard InChI is InChI=1S/C8H4FN3O2/c9-5-3-6-7(11-2-1-10-6)4-8(5)12(13)14/h1-4H. The molecule has 0 aliphatic carbocycles. The highest BCUT2D eigenvalue weighted by molar-refractivity contribution is 5.76. The van der Waals surface area contributed by atoms with Crippen molar-refractivity contribution >= 4 is 16.7 Å². The molecule has 0 spiro atoms. The van der Waals surface area contributed by atoms with Crippen molar-refractivity contribution in [2.24, 2.45) is 0 Å². The van der Waals surface area contributed by atoms with Gasteiger partial charge in [0, 0.05) is 24.5 Å². The Morgan fingerprint density at radius 3 is 2.36 bits per heavy atom. The molecule has 0 atom stereocenters. The number of halogens is 1. The van der Waals surface area contributed by atoms with E-state index in [4.69, 9.17) is 0 Å². The second-order valence-electron chi connectivity index (χ2n) is 2.61. The molecule has 1 aromatic carbocycles. The number of nitrogens with zero attached hydrogens (tertiary/aromatic N) is 3. The third-order valence-corrected chi connectivity index (χ3v) is 1.73. The van der Waals surface area contributed by atoms with Crippen LogP contribution < -0.4 is 0 Å². The van der Waals surface area contributed by atoms with Gasteiger partial charge in [0.25, 0.3) is 0 Å². The zero-order valence-electron chi connectivity index (χ0n) is 6.85. The van der Waals surface area contributed by atoms with Crippen LogP contribution >= 0.6 is 0 Å². The molecule has 1 aromatic heterocycles. The number of aromatic nitrogens is 2. The average Bonchev–Trinajstić information content (AvgIpc) is 2.16. The molecule has 70 valence electrons. The number of benzene rings is 1. The largest absolute Gasteiger partial charge is 0.307 e. The van der Waals surface area contributed by atoms with Crippen molar-refractivity contribution in [3.63, 3.8) is 0 Å². The summed E-state index contributed by atoms with van der Waals surface area (Å²) in [6.45, 7) is 0. The third-order valence-electron chi connectivity index (χ3n) is 1.73. The first-order chi connectivity index (χ1) is 6.68. The molecule has 0 aliphatic heterocycles. The Bertz CT molecular complexity index is 515. The zero-order chi connectivity index (χ0) is 10.1. The normalized spacial score (nSPS) is 10.4. The second kappa shape index (κ2) is 2.99. The summed E-state index contributed by atoms with van der Waals surface area (Å²) < 4.78 is 13.1. The summed E-state index contributed by atoms with van der Waals surface area (Å²) in [7, 11) is 0. The van der Waals surface area contributed by atoms with Crippen LogP contribution in [-0.4, -0.2) is 14.9 Å². The van der Waals surface area contributed by atoms with E-state index in [1.165, 1.54) is 12.4 Å². The molecule has 0 saturated carbocycles. The van der Waals surface area contributed by atoms with Crippen LogP contribution in [0.4, 0.5) is 10.1 Å². The first-order valence-electron chi connectivity index (χ1n) is 3.73. The van der Waals surface area contributed by atoms with E-state index in [2.05, 4.69) is 9.97 Å². The van der Waals surface area contributed by atoms with Crippen LogP contribution in [0.5, 0.6) is 0 Å². The van der Waals surface area contributed by atoms with Crippen LogP contribution in [0.3, 0.4) is 0 Å². The summed E-state index contributed by atoms with van der Waals surface area (Å²) in [4.78, 5) is 17.2. The predicted molar refractivity (Wildman–Crippen MR) is 46.2 cm³/mol. The Morgan fingerprint density at radius 2 is 1.79 bits per heavy atom. The molecular weight excluding hydrogens is 189 g/mol. The van der Waals surface area contributed by atoms with E-state index < -0.39 is 16.4 Å². The number of hydrogen-bond donors (Lipinski definition) is 0. The van der Waals surface area contributed by atoms with Crippen molar-refractivity contribution in [1.29, 1.82) is 0 Å². The topological polar surface area (TPSA) is 68.9 Å². The van der Waals surface area contributed by atoms with Crippen LogP contribution in [0.1, 0.15) is 0 Å². The van der Waals surface area contributed by atoms with E-state index in [0.717, 1.165) is 12.1 Å². The maximum atomic E-state index is 13.1. The minimum Gasteiger partial charge on any atom is -0.258 e. The molecule has 0 amide bonds. The summed E-state index contributed by atoms with van der Waals surface area (Å²) in [5.41, 5.74) is 0.0224. The van der Waals surface area contributed by atoms with Crippen LogP contribution in [0.15, 0.2) is 24.5 Å². The lowest BCUT2D eigenvalue weighted by atomic mass is 10.2. The Hall–Kier alpha value is -2.11. The van der Waals surface area contributed by atoms with Gasteiger partial charge in [0.2, 0.25) is 5.82 Å². The minimum absolute atomic E-state index is 0.301. The van der Waals surface area contributed by atoms with Crippen LogP contribution in [0, 0.1) is 15.9 Å². The fourth-order valence-electron chi connectivity index (χ4n) is 1.11. The van der Waals surface area contributed by atoms with Gasteiger partial charge in [-0.2, -0.15) is 4.39 Å². The Balaban J connectivity index is 2.77. The van der Waals surface area contributed by atoms with Crippen LogP contribution in [0.2, 0.25) is 0 Å². The van der Waals surface area contributed by atoms with Crippen molar-refractivity contribution < 1.29 is 9.31 Å². The highest BCUT2D eigenvalue weighted by Crippen LogP contribution is 2.21. The lowest BCUT2D eigenvalue weighted by Crippen LogP contribution is -1.94. The van der Waals surface area contributed by atoms with E-state index in [0.29, 0.717) is 11.0 Å². The Kier molecular flexibility index (Phi) is 1.81. The van der Waals surface area contributed by atoms with Gasteiger partial charge in [-0.05, 0) is 0 Å². The quantitative estimate of drug-likeness (QED) is 0.510. The van der Waals surface area contributed by atoms with Gasteiger partial charge in [-0.3, -0.25) is 20.1 Å². The smallest absolute Gasteiger partial charge is 0.258 e. The van der Waals surface area contributed by atoms with Gasteiger partial charge < -0.3 is 0 Å². The SMILES string of the molecule is O=[N+]([O-])c1cc2nccnc2cc1F. The van der Waals surface area contributed by atoms with Crippen LogP contribution in [0.25, 0.3) is 11.0 Å². The van der Waals surface area contributed by atoms with Gasteiger partial charge >= 0.3 is 5.69 Å². The monoisotopic (exact) mass is 193 g/mol. The lowest BCUT2D eigenvalue weighted by molar-refractivity contribution is -0.387. The first-order valence-corrected chi connectivity index (χ1v) is 3.73. The van der Waals surface area contributed by atoms with Crippen molar-refractivity contribution in [3.8, 4) is 0 Å². The summed E-state index contributed by atoms with van der Waals surface area (Å²) >= 11 is 0. The molecule has 2 rings (SSSR count). The molecule has 14 heavy (non-hydrogen) atoms. The number of nitro groups is 1. The Morgan fingerprint density at radius 1 is 1.21 bits per heavy atom. The lowest BCUT2D eigenvalue weighted by Gasteiger charge is -1.96. The second-order valence-corrected chi connectivity index (χ2v) is 2.61.